The third-order valence-electron chi connectivity index (χ3n) is 6.05. The number of nitrogens with two attached hydrogens (primary N) is 2. The van der Waals surface area contributed by atoms with Gasteiger partial charge in [0.1, 0.15) is 22.4 Å². The maximum absolute atomic E-state index is 14.3. The number of hydrogen-bond acceptors (Lipinski definition) is 8. The zero-order chi connectivity index (χ0) is 28.6. The fraction of sp³-hybridized carbons (Fsp3) is 0.172. The number of primary amides is 1. The molecule has 5 N–H and O–H groups in total. The lowest BCUT2D eigenvalue weighted by Crippen LogP contribution is -2.44. The molecule has 1 atom stereocenters. The molecule has 0 unspecified atom stereocenters. The second kappa shape index (κ2) is 12.8. The van der Waals surface area contributed by atoms with E-state index in [0.29, 0.717) is 29.4 Å². The van der Waals surface area contributed by atoms with Gasteiger partial charge >= 0.3 is 0 Å². The number of rotatable bonds is 11. The second-order valence-corrected chi connectivity index (χ2v) is 9.37. The summed E-state index contributed by atoms with van der Waals surface area (Å²) in [6.45, 7) is 2.37. The number of carbonyl (C=O) groups excluding carboxylic acids is 3. The van der Waals surface area contributed by atoms with Gasteiger partial charge in [-0.3, -0.25) is 19.3 Å². The van der Waals surface area contributed by atoms with Gasteiger partial charge in [-0.1, -0.05) is 54.6 Å². The minimum Gasteiger partial charge on any atom is -0.497 e. The largest absolute Gasteiger partial charge is 0.497 e. The second-order valence-electron chi connectivity index (χ2n) is 8.59. The maximum atomic E-state index is 14.3. The smallest absolute Gasteiger partial charge is 0.273 e. The number of aromatic nitrogens is 1. The summed E-state index contributed by atoms with van der Waals surface area (Å²) in [7, 11) is 1.54. The number of methoxy groups -OCH3 is 1. The predicted octanol–water partition coefficient (Wildman–Crippen LogP) is 3.94. The van der Waals surface area contributed by atoms with Crippen LogP contribution < -0.4 is 31.2 Å². The Bertz CT molecular complexity index is 1490. The molecule has 206 valence electrons. The SMILES string of the molecule is CCOc1ccccc1N(C(=O)c1snc(C(N)=O)c1N)[C@@H](C(=O)NCc1ccccc1)c1ccc(OC)cc1. The third kappa shape index (κ3) is 6.05. The van der Waals surface area contributed by atoms with Crippen molar-refractivity contribution in [3.05, 3.63) is 101 Å². The molecule has 0 saturated heterocycles. The number of benzene rings is 3. The average Bonchev–Trinajstić information content (AvgIpc) is 3.37. The fourth-order valence-electron chi connectivity index (χ4n) is 4.12. The van der Waals surface area contributed by atoms with Crippen LogP contribution in [0.1, 0.15) is 44.3 Å². The highest BCUT2D eigenvalue weighted by Crippen LogP contribution is 2.38. The average molecular weight is 560 g/mol. The van der Waals surface area contributed by atoms with E-state index < -0.39 is 23.8 Å². The Hall–Kier alpha value is -4.90. The molecule has 1 heterocycles. The number of ether oxygens (including phenoxy) is 2. The van der Waals surface area contributed by atoms with Crippen LogP contribution >= 0.6 is 11.5 Å². The highest BCUT2D eigenvalue weighted by Gasteiger charge is 2.37. The van der Waals surface area contributed by atoms with Crippen molar-refractivity contribution in [3.8, 4) is 11.5 Å². The van der Waals surface area contributed by atoms with Crippen molar-refractivity contribution >= 4 is 40.6 Å². The lowest BCUT2D eigenvalue weighted by molar-refractivity contribution is -0.122. The molecular weight excluding hydrogens is 530 g/mol. The summed E-state index contributed by atoms with van der Waals surface area (Å²) in [6, 6.07) is 22.0. The van der Waals surface area contributed by atoms with Crippen LogP contribution in [0.3, 0.4) is 0 Å². The van der Waals surface area contributed by atoms with E-state index in [9.17, 15) is 14.4 Å². The number of anilines is 2. The molecule has 3 aromatic carbocycles. The van der Waals surface area contributed by atoms with Crippen molar-refractivity contribution < 1.29 is 23.9 Å². The minimum atomic E-state index is -1.16. The number of para-hydroxylation sites is 2. The van der Waals surface area contributed by atoms with Gasteiger partial charge < -0.3 is 26.3 Å². The van der Waals surface area contributed by atoms with E-state index >= 15 is 0 Å². The fourth-order valence-corrected chi connectivity index (χ4v) is 4.87. The summed E-state index contributed by atoms with van der Waals surface area (Å²) < 4.78 is 15.1. The van der Waals surface area contributed by atoms with Crippen LogP contribution in [-0.4, -0.2) is 35.8 Å². The molecule has 1 aromatic heterocycles. The van der Waals surface area contributed by atoms with Crippen molar-refractivity contribution in [2.45, 2.75) is 19.5 Å². The van der Waals surface area contributed by atoms with Gasteiger partial charge in [-0.05, 0) is 53.8 Å². The Morgan fingerprint density at radius 2 is 1.68 bits per heavy atom. The van der Waals surface area contributed by atoms with Crippen molar-refractivity contribution in [1.82, 2.24) is 9.69 Å². The molecule has 0 spiro atoms. The van der Waals surface area contributed by atoms with Gasteiger partial charge in [-0.2, -0.15) is 4.37 Å². The van der Waals surface area contributed by atoms with E-state index in [0.717, 1.165) is 17.1 Å². The molecule has 4 rings (SSSR count). The number of amides is 3. The molecule has 4 aromatic rings. The van der Waals surface area contributed by atoms with Gasteiger partial charge in [0.05, 0.1) is 25.1 Å². The van der Waals surface area contributed by atoms with Crippen molar-refractivity contribution in [2.75, 3.05) is 24.4 Å². The van der Waals surface area contributed by atoms with Crippen LogP contribution in [0.5, 0.6) is 11.5 Å². The monoisotopic (exact) mass is 559 g/mol. The first-order valence-corrected chi connectivity index (χ1v) is 13.2. The number of nitrogens with zero attached hydrogens (tertiary/aromatic N) is 2. The molecule has 0 aliphatic rings. The minimum absolute atomic E-state index is 0.0329. The van der Waals surface area contributed by atoms with Crippen LogP contribution in [0.15, 0.2) is 78.9 Å². The zero-order valence-electron chi connectivity index (χ0n) is 22.0. The summed E-state index contributed by atoms with van der Waals surface area (Å²) in [5.41, 5.74) is 12.9. The lowest BCUT2D eigenvalue weighted by atomic mass is 10.0. The molecule has 0 bridgehead atoms. The molecule has 11 heteroatoms. The normalized spacial score (nSPS) is 11.3. The Morgan fingerprint density at radius 3 is 2.30 bits per heavy atom. The summed E-state index contributed by atoms with van der Waals surface area (Å²) in [5, 5.41) is 2.95. The first-order chi connectivity index (χ1) is 19.3. The van der Waals surface area contributed by atoms with Gasteiger partial charge in [-0.25, -0.2) is 0 Å². The quantitative estimate of drug-likeness (QED) is 0.252. The Morgan fingerprint density at radius 1 is 1.00 bits per heavy atom. The topological polar surface area (TPSA) is 150 Å². The van der Waals surface area contributed by atoms with Crippen LogP contribution in [-0.2, 0) is 11.3 Å². The highest BCUT2D eigenvalue weighted by atomic mass is 32.1. The first-order valence-electron chi connectivity index (χ1n) is 12.4. The Balaban J connectivity index is 1.88. The summed E-state index contributed by atoms with van der Waals surface area (Å²) in [5.74, 6) is -0.998. The number of carbonyl (C=O) groups is 3. The Kier molecular flexibility index (Phi) is 8.97. The van der Waals surface area contributed by atoms with Crippen LogP contribution in [0.25, 0.3) is 0 Å². The van der Waals surface area contributed by atoms with E-state index in [2.05, 4.69) is 9.69 Å². The number of nitrogen functional groups attached to an aromatic ring is 1. The molecular formula is C29H29N5O5S. The van der Waals surface area contributed by atoms with Crippen molar-refractivity contribution in [2.24, 2.45) is 5.73 Å². The lowest BCUT2D eigenvalue weighted by Gasteiger charge is -2.32. The standard InChI is InChI=1S/C29H29N5O5S/c1-3-39-22-12-8-7-11-21(22)34(29(37)26-23(30)24(27(31)35)33-40-26)25(19-13-15-20(38-2)16-14-19)28(36)32-17-18-9-5-4-6-10-18/h4-16,25H,3,17,30H2,1-2H3,(H2,31,35)(H,32,36)/t25-/m1/s1. The Labute approximate surface area is 235 Å². The van der Waals surface area contributed by atoms with Gasteiger partial charge in [0.2, 0.25) is 5.91 Å². The molecule has 0 fully saturated rings. The van der Waals surface area contributed by atoms with E-state index in [4.69, 9.17) is 20.9 Å². The van der Waals surface area contributed by atoms with E-state index in [1.807, 2.05) is 37.3 Å². The molecule has 0 radical (unpaired) electrons. The first kappa shape index (κ1) is 28.1. The highest BCUT2D eigenvalue weighted by molar-refractivity contribution is 7.09. The molecule has 3 amide bonds. The van der Waals surface area contributed by atoms with Gasteiger partial charge in [0.15, 0.2) is 5.69 Å². The van der Waals surface area contributed by atoms with E-state index in [1.165, 1.54) is 12.0 Å². The maximum Gasteiger partial charge on any atom is 0.273 e. The van der Waals surface area contributed by atoms with Crippen LogP contribution in [0, 0.1) is 0 Å². The number of hydrogen-bond donors (Lipinski definition) is 3. The van der Waals surface area contributed by atoms with Crippen LogP contribution in [0.4, 0.5) is 11.4 Å². The molecule has 40 heavy (non-hydrogen) atoms. The summed E-state index contributed by atoms with van der Waals surface area (Å²) in [4.78, 5) is 41.4. The molecule has 0 aliphatic carbocycles. The van der Waals surface area contributed by atoms with Crippen molar-refractivity contribution in [1.29, 1.82) is 0 Å². The van der Waals surface area contributed by atoms with E-state index in [-0.39, 0.29) is 22.8 Å². The van der Waals surface area contributed by atoms with E-state index in [1.54, 1.807) is 48.5 Å². The predicted molar refractivity (Wildman–Crippen MR) is 153 cm³/mol. The van der Waals surface area contributed by atoms with Gasteiger partial charge in [-0.15, -0.1) is 0 Å². The van der Waals surface area contributed by atoms with Gasteiger partial charge in [0, 0.05) is 6.54 Å². The molecule has 0 saturated carbocycles. The molecule has 10 nitrogen and oxygen atoms in total. The third-order valence-corrected chi connectivity index (χ3v) is 6.90. The van der Waals surface area contributed by atoms with Crippen LogP contribution in [0.2, 0.25) is 0 Å². The zero-order valence-corrected chi connectivity index (χ0v) is 22.8. The summed E-state index contributed by atoms with van der Waals surface area (Å²) in [6.07, 6.45) is 0. The number of nitrogens with one attached hydrogen (secondary N) is 1. The molecule has 0 aliphatic heterocycles. The summed E-state index contributed by atoms with van der Waals surface area (Å²) >= 11 is 0.736. The van der Waals surface area contributed by atoms with Gasteiger partial charge in [0.25, 0.3) is 11.8 Å². The van der Waals surface area contributed by atoms with Crippen molar-refractivity contribution in [3.63, 3.8) is 0 Å².